The van der Waals surface area contributed by atoms with Crippen molar-refractivity contribution < 1.29 is 9.90 Å². The number of aromatic carboxylic acids is 1. The minimum atomic E-state index is -1.02. The number of hydrogen-bond donors (Lipinski definition) is 1. The Bertz CT molecular complexity index is 723. The number of rotatable bonds is 3. The van der Waals surface area contributed by atoms with Crippen molar-refractivity contribution in [3.8, 4) is 6.07 Å². The fourth-order valence-electron chi connectivity index (χ4n) is 1.77. The highest BCUT2D eigenvalue weighted by Crippen LogP contribution is 2.30. The number of carboxylic acid groups (broad SMARTS) is 1. The van der Waals surface area contributed by atoms with E-state index in [4.69, 9.17) is 5.26 Å². The molecule has 20 heavy (non-hydrogen) atoms. The van der Waals surface area contributed by atoms with Crippen molar-refractivity contribution >= 4 is 17.7 Å². The molecule has 0 fully saturated rings. The predicted octanol–water partition coefficient (Wildman–Crippen LogP) is 2.81. The second-order valence-corrected chi connectivity index (χ2v) is 5.17. The number of carbonyl (C=O) groups is 1. The van der Waals surface area contributed by atoms with Crippen LogP contribution in [0.4, 0.5) is 0 Å². The van der Waals surface area contributed by atoms with Crippen LogP contribution in [0.5, 0.6) is 0 Å². The van der Waals surface area contributed by atoms with Crippen LogP contribution in [0.15, 0.2) is 34.4 Å². The van der Waals surface area contributed by atoms with Gasteiger partial charge in [-0.2, -0.15) is 5.26 Å². The van der Waals surface area contributed by atoms with Crippen molar-refractivity contribution in [2.24, 2.45) is 0 Å². The number of nitrogens with zero attached hydrogens (tertiary/aromatic N) is 3. The van der Waals surface area contributed by atoms with Crippen molar-refractivity contribution in [3.63, 3.8) is 0 Å². The van der Waals surface area contributed by atoms with Crippen LogP contribution in [0.2, 0.25) is 0 Å². The van der Waals surface area contributed by atoms with Crippen molar-refractivity contribution in [2.45, 2.75) is 23.9 Å². The maximum absolute atomic E-state index is 11.3. The Morgan fingerprint density at radius 1 is 1.40 bits per heavy atom. The molecule has 0 saturated heterocycles. The highest BCUT2D eigenvalue weighted by molar-refractivity contribution is 7.99. The van der Waals surface area contributed by atoms with E-state index in [0.29, 0.717) is 21.2 Å². The lowest BCUT2D eigenvalue weighted by Crippen LogP contribution is -2.05. The molecule has 0 aliphatic heterocycles. The van der Waals surface area contributed by atoms with Gasteiger partial charge in [0, 0.05) is 11.9 Å². The summed E-state index contributed by atoms with van der Waals surface area (Å²) in [5, 5.41) is 19.1. The number of carboxylic acids is 1. The molecular weight excluding hydrogens is 274 g/mol. The maximum Gasteiger partial charge on any atom is 0.338 e. The van der Waals surface area contributed by atoms with Crippen molar-refractivity contribution in [1.29, 1.82) is 5.26 Å². The third kappa shape index (κ3) is 2.95. The monoisotopic (exact) mass is 285 g/mol. The Hall–Kier alpha value is -2.39. The molecular formula is C14H11N3O2S. The standard InChI is InChI=1S/C14H11N3O2S/c1-8-5-9(2)17-13(12(8)14(18)19)20-11-6-10(7-15)3-4-16-11/h3-6H,1-2H3,(H,18,19). The van der Waals surface area contributed by atoms with Gasteiger partial charge in [-0.3, -0.25) is 0 Å². The number of nitriles is 1. The molecule has 0 aromatic carbocycles. The summed E-state index contributed by atoms with van der Waals surface area (Å²) in [7, 11) is 0. The van der Waals surface area contributed by atoms with Crippen LogP contribution in [0.3, 0.4) is 0 Å². The number of aromatic nitrogens is 2. The summed E-state index contributed by atoms with van der Waals surface area (Å²) in [5.41, 5.74) is 2.05. The summed E-state index contributed by atoms with van der Waals surface area (Å²) < 4.78 is 0. The average Bonchev–Trinajstić information content (AvgIpc) is 2.37. The molecule has 5 nitrogen and oxygen atoms in total. The second-order valence-electron chi connectivity index (χ2n) is 4.16. The van der Waals surface area contributed by atoms with E-state index < -0.39 is 5.97 Å². The van der Waals surface area contributed by atoms with Crippen molar-refractivity contribution in [3.05, 3.63) is 46.8 Å². The quantitative estimate of drug-likeness (QED) is 0.933. The lowest BCUT2D eigenvalue weighted by atomic mass is 10.1. The lowest BCUT2D eigenvalue weighted by molar-refractivity contribution is 0.0691. The molecule has 2 aromatic heterocycles. The molecule has 0 bridgehead atoms. The van der Waals surface area contributed by atoms with Gasteiger partial charge in [0.1, 0.15) is 10.1 Å². The summed E-state index contributed by atoms with van der Waals surface area (Å²) in [6.45, 7) is 3.54. The second kappa shape index (κ2) is 5.72. The minimum absolute atomic E-state index is 0.171. The van der Waals surface area contributed by atoms with E-state index in [-0.39, 0.29) is 5.56 Å². The molecule has 0 saturated carbocycles. The largest absolute Gasteiger partial charge is 0.478 e. The topological polar surface area (TPSA) is 86.9 Å². The van der Waals surface area contributed by atoms with Crippen LogP contribution in [0, 0.1) is 25.2 Å². The van der Waals surface area contributed by atoms with Gasteiger partial charge in [-0.15, -0.1) is 0 Å². The normalized spacial score (nSPS) is 10.1. The molecule has 0 atom stereocenters. The van der Waals surface area contributed by atoms with Crippen LogP contribution in [-0.4, -0.2) is 21.0 Å². The van der Waals surface area contributed by atoms with Gasteiger partial charge in [-0.1, -0.05) is 0 Å². The fraction of sp³-hybridized carbons (Fsp3) is 0.143. The first-order chi connectivity index (χ1) is 9.51. The Morgan fingerprint density at radius 3 is 2.80 bits per heavy atom. The Morgan fingerprint density at radius 2 is 2.15 bits per heavy atom. The van der Waals surface area contributed by atoms with E-state index in [1.165, 1.54) is 6.20 Å². The summed E-state index contributed by atoms with van der Waals surface area (Å²) in [5.74, 6) is -1.02. The van der Waals surface area contributed by atoms with E-state index in [1.54, 1.807) is 25.1 Å². The van der Waals surface area contributed by atoms with E-state index in [1.807, 2.05) is 13.0 Å². The van der Waals surface area contributed by atoms with Gasteiger partial charge in [-0.25, -0.2) is 14.8 Å². The van der Waals surface area contributed by atoms with E-state index in [2.05, 4.69) is 9.97 Å². The molecule has 2 heterocycles. The number of pyridine rings is 2. The van der Waals surface area contributed by atoms with Gasteiger partial charge in [0.2, 0.25) is 0 Å². The van der Waals surface area contributed by atoms with Crippen molar-refractivity contribution in [2.75, 3.05) is 0 Å². The van der Waals surface area contributed by atoms with Gasteiger partial charge in [0.05, 0.1) is 17.2 Å². The molecule has 0 radical (unpaired) electrons. The molecule has 0 aliphatic rings. The zero-order chi connectivity index (χ0) is 14.7. The minimum Gasteiger partial charge on any atom is -0.478 e. The molecule has 0 aliphatic carbocycles. The predicted molar refractivity (Wildman–Crippen MR) is 73.7 cm³/mol. The van der Waals surface area contributed by atoms with Gasteiger partial charge < -0.3 is 5.11 Å². The van der Waals surface area contributed by atoms with Crippen LogP contribution in [0.1, 0.15) is 27.2 Å². The molecule has 2 aromatic rings. The summed E-state index contributed by atoms with van der Waals surface area (Å²) >= 11 is 1.15. The first-order valence-corrected chi connectivity index (χ1v) is 6.58. The molecule has 0 spiro atoms. The zero-order valence-corrected chi connectivity index (χ0v) is 11.7. The summed E-state index contributed by atoms with van der Waals surface area (Å²) in [6, 6.07) is 6.95. The first-order valence-electron chi connectivity index (χ1n) is 5.77. The van der Waals surface area contributed by atoms with Crippen LogP contribution in [0.25, 0.3) is 0 Å². The Kier molecular flexibility index (Phi) is 4.01. The third-order valence-corrected chi connectivity index (χ3v) is 3.51. The molecule has 1 N–H and O–H groups in total. The lowest BCUT2D eigenvalue weighted by Gasteiger charge is -2.08. The molecule has 0 amide bonds. The summed E-state index contributed by atoms with van der Waals surface area (Å²) in [4.78, 5) is 19.7. The zero-order valence-electron chi connectivity index (χ0n) is 10.9. The molecule has 2 rings (SSSR count). The average molecular weight is 285 g/mol. The van der Waals surface area contributed by atoms with Gasteiger partial charge in [0.15, 0.2) is 0 Å². The van der Waals surface area contributed by atoms with Crippen LogP contribution < -0.4 is 0 Å². The van der Waals surface area contributed by atoms with E-state index in [0.717, 1.165) is 17.5 Å². The number of hydrogen-bond acceptors (Lipinski definition) is 5. The molecule has 100 valence electrons. The molecule has 0 unspecified atom stereocenters. The highest BCUT2D eigenvalue weighted by atomic mass is 32.2. The summed E-state index contributed by atoms with van der Waals surface area (Å²) in [6.07, 6.45) is 1.52. The SMILES string of the molecule is Cc1cc(C)c(C(=O)O)c(Sc2cc(C#N)ccn2)n1. The Balaban J connectivity index is 2.47. The maximum atomic E-state index is 11.3. The van der Waals surface area contributed by atoms with Gasteiger partial charge in [-0.05, 0) is 49.4 Å². The third-order valence-electron chi connectivity index (χ3n) is 2.59. The van der Waals surface area contributed by atoms with Gasteiger partial charge >= 0.3 is 5.97 Å². The smallest absolute Gasteiger partial charge is 0.338 e. The first kappa shape index (κ1) is 14.0. The van der Waals surface area contributed by atoms with Crippen LogP contribution in [-0.2, 0) is 0 Å². The van der Waals surface area contributed by atoms with E-state index in [9.17, 15) is 9.90 Å². The Labute approximate surface area is 120 Å². The highest BCUT2D eigenvalue weighted by Gasteiger charge is 2.17. The fourth-order valence-corrected chi connectivity index (χ4v) is 2.81. The van der Waals surface area contributed by atoms with Crippen molar-refractivity contribution in [1.82, 2.24) is 9.97 Å². The number of aryl methyl sites for hydroxylation is 2. The van der Waals surface area contributed by atoms with Crippen LogP contribution >= 0.6 is 11.8 Å². The van der Waals surface area contributed by atoms with E-state index >= 15 is 0 Å². The molecule has 6 heteroatoms. The van der Waals surface area contributed by atoms with Gasteiger partial charge in [0.25, 0.3) is 0 Å².